The van der Waals surface area contributed by atoms with Gasteiger partial charge in [-0.25, -0.2) is 14.5 Å². The van der Waals surface area contributed by atoms with Crippen molar-refractivity contribution in [2.24, 2.45) is 0 Å². The van der Waals surface area contributed by atoms with Crippen molar-refractivity contribution >= 4 is 17.9 Å². The third kappa shape index (κ3) is 2.06. The van der Waals surface area contributed by atoms with Gasteiger partial charge >= 0.3 is 12.1 Å². The predicted octanol–water partition coefficient (Wildman–Crippen LogP) is 0.938. The molecule has 0 radical (unpaired) electrons. The molecule has 1 atom stereocenters. The van der Waals surface area contributed by atoms with Crippen molar-refractivity contribution in [3.05, 3.63) is 24.4 Å². The summed E-state index contributed by atoms with van der Waals surface area (Å²) in [6.07, 6.45) is 3.19. The average molecular weight is 251 g/mol. The van der Waals surface area contributed by atoms with Crippen LogP contribution < -0.4 is 4.90 Å². The van der Waals surface area contributed by atoms with Gasteiger partial charge in [0.05, 0.1) is 6.20 Å². The third-order valence-corrected chi connectivity index (χ3v) is 2.74. The molecular formula is C11H13N3O4. The van der Waals surface area contributed by atoms with E-state index in [-0.39, 0.29) is 6.61 Å². The number of carboxylic acid groups (broad SMARTS) is 1. The number of carbonyl (C=O) groups excluding carboxylic acids is 1. The molecule has 1 aliphatic heterocycles. The van der Waals surface area contributed by atoms with Gasteiger partial charge in [0.1, 0.15) is 18.5 Å². The fourth-order valence-electron chi connectivity index (χ4n) is 1.93. The SMILES string of the molecule is C=CCOC(=O)N1c2[nH]ncc2CCC1C(=O)O. The summed E-state index contributed by atoms with van der Waals surface area (Å²) in [5.41, 5.74) is 0.808. The number of amides is 1. The number of rotatable bonds is 3. The molecule has 2 N–H and O–H groups in total. The number of nitrogens with zero attached hydrogens (tertiary/aromatic N) is 2. The van der Waals surface area contributed by atoms with Gasteiger partial charge in [-0.15, -0.1) is 0 Å². The van der Waals surface area contributed by atoms with E-state index in [1.165, 1.54) is 6.08 Å². The van der Waals surface area contributed by atoms with Gasteiger partial charge in [-0.2, -0.15) is 5.10 Å². The first-order valence-electron chi connectivity index (χ1n) is 5.47. The van der Waals surface area contributed by atoms with Crippen molar-refractivity contribution in [2.45, 2.75) is 18.9 Å². The molecule has 0 saturated heterocycles. The molecule has 96 valence electrons. The molecule has 7 heteroatoms. The summed E-state index contributed by atoms with van der Waals surface area (Å²) in [5.74, 6) is -0.673. The van der Waals surface area contributed by atoms with Gasteiger partial charge in [-0.3, -0.25) is 5.10 Å². The quantitative estimate of drug-likeness (QED) is 0.779. The van der Waals surface area contributed by atoms with Crippen LogP contribution in [0.1, 0.15) is 12.0 Å². The molecule has 1 aromatic rings. The Kier molecular flexibility index (Phi) is 3.31. The number of hydrogen-bond donors (Lipinski definition) is 2. The van der Waals surface area contributed by atoms with Crippen LogP contribution in [0.5, 0.6) is 0 Å². The molecule has 1 aromatic heterocycles. The normalized spacial score (nSPS) is 18.0. The number of carboxylic acids is 1. The first-order valence-corrected chi connectivity index (χ1v) is 5.47. The summed E-state index contributed by atoms with van der Waals surface area (Å²) < 4.78 is 4.90. The Balaban J connectivity index is 2.29. The fourth-order valence-corrected chi connectivity index (χ4v) is 1.93. The number of aryl methyl sites for hydroxylation is 1. The lowest BCUT2D eigenvalue weighted by molar-refractivity contribution is -0.138. The van der Waals surface area contributed by atoms with E-state index < -0.39 is 18.1 Å². The number of H-pyrrole nitrogens is 1. The van der Waals surface area contributed by atoms with Crippen LogP contribution in [0, 0.1) is 0 Å². The van der Waals surface area contributed by atoms with E-state index in [4.69, 9.17) is 9.84 Å². The minimum absolute atomic E-state index is 0.0329. The van der Waals surface area contributed by atoms with E-state index in [0.717, 1.165) is 10.5 Å². The minimum atomic E-state index is -1.06. The van der Waals surface area contributed by atoms with Crippen LogP contribution in [0.25, 0.3) is 0 Å². The van der Waals surface area contributed by atoms with Crippen molar-refractivity contribution in [1.82, 2.24) is 10.2 Å². The Bertz CT molecular complexity index is 482. The molecule has 0 bridgehead atoms. The third-order valence-electron chi connectivity index (χ3n) is 2.74. The number of aromatic amines is 1. The highest BCUT2D eigenvalue weighted by molar-refractivity contribution is 5.95. The van der Waals surface area contributed by atoms with Crippen LogP contribution >= 0.6 is 0 Å². The number of ether oxygens (including phenoxy) is 1. The van der Waals surface area contributed by atoms with E-state index in [9.17, 15) is 9.59 Å². The number of anilines is 1. The predicted molar refractivity (Wildman–Crippen MR) is 62.4 cm³/mol. The van der Waals surface area contributed by atoms with Crippen LogP contribution in [0.15, 0.2) is 18.9 Å². The minimum Gasteiger partial charge on any atom is -0.480 e. The van der Waals surface area contributed by atoms with Gasteiger partial charge in [0, 0.05) is 5.56 Å². The number of fused-ring (bicyclic) bond motifs is 1. The van der Waals surface area contributed by atoms with E-state index in [0.29, 0.717) is 18.7 Å². The summed E-state index contributed by atoms with van der Waals surface area (Å²) in [6, 6.07) is -0.935. The molecule has 1 unspecified atom stereocenters. The Morgan fingerprint density at radius 2 is 2.50 bits per heavy atom. The van der Waals surface area contributed by atoms with Gasteiger partial charge in [-0.1, -0.05) is 12.7 Å². The zero-order valence-corrected chi connectivity index (χ0v) is 9.63. The lowest BCUT2D eigenvalue weighted by Gasteiger charge is -2.31. The van der Waals surface area contributed by atoms with Crippen molar-refractivity contribution < 1.29 is 19.4 Å². The Labute approximate surface area is 103 Å². The fraction of sp³-hybridized carbons (Fsp3) is 0.364. The van der Waals surface area contributed by atoms with E-state index in [1.54, 1.807) is 6.20 Å². The molecule has 0 fully saturated rings. The molecule has 0 saturated carbocycles. The molecule has 1 aliphatic rings. The van der Waals surface area contributed by atoms with Gasteiger partial charge in [0.2, 0.25) is 0 Å². The topological polar surface area (TPSA) is 95.5 Å². The van der Waals surface area contributed by atoms with Crippen molar-refractivity contribution in [1.29, 1.82) is 0 Å². The smallest absolute Gasteiger partial charge is 0.416 e. The van der Waals surface area contributed by atoms with Crippen LogP contribution in [-0.4, -0.2) is 40.0 Å². The summed E-state index contributed by atoms with van der Waals surface area (Å²) in [7, 11) is 0. The van der Waals surface area contributed by atoms with Crippen LogP contribution in [0.4, 0.5) is 10.6 Å². The van der Waals surface area contributed by atoms with Crippen molar-refractivity contribution in [3.63, 3.8) is 0 Å². The maximum Gasteiger partial charge on any atom is 0.416 e. The number of aromatic nitrogens is 2. The highest BCUT2D eigenvalue weighted by Gasteiger charge is 2.37. The second kappa shape index (κ2) is 4.91. The van der Waals surface area contributed by atoms with E-state index >= 15 is 0 Å². The monoisotopic (exact) mass is 251 g/mol. The van der Waals surface area contributed by atoms with Gasteiger partial charge in [0.15, 0.2) is 0 Å². The highest BCUT2D eigenvalue weighted by atomic mass is 16.6. The van der Waals surface area contributed by atoms with E-state index in [1.807, 2.05) is 0 Å². The Morgan fingerprint density at radius 1 is 1.72 bits per heavy atom. The van der Waals surface area contributed by atoms with Gasteiger partial charge in [0.25, 0.3) is 0 Å². The summed E-state index contributed by atoms with van der Waals surface area (Å²) >= 11 is 0. The average Bonchev–Trinajstić information content (AvgIpc) is 2.82. The molecule has 7 nitrogen and oxygen atoms in total. The number of hydrogen-bond acceptors (Lipinski definition) is 4. The van der Waals surface area contributed by atoms with Crippen LogP contribution in [0.3, 0.4) is 0 Å². The first-order chi connectivity index (χ1) is 8.65. The van der Waals surface area contributed by atoms with Crippen molar-refractivity contribution in [2.75, 3.05) is 11.5 Å². The maximum absolute atomic E-state index is 11.9. The first kappa shape index (κ1) is 12.2. The molecular weight excluding hydrogens is 238 g/mol. The number of aliphatic carboxylic acids is 1. The molecule has 2 heterocycles. The Hall–Kier alpha value is -2.31. The summed E-state index contributed by atoms with van der Waals surface area (Å²) in [5, 5.41) is 15.6. The molecule has 18 heavy (non-hydrogen) atoms. The lowest BCUT2D eigenvalue weighted by Crippen LogP contribution is -2.48. The number of nitrogens with one attached hydrogen (secondary N) is 1. The Morgan fingerprint density at radius 3 is 3.17 bits per heavy atom. The second-order valence-corrected chi connectivity index (χ2v) is 3.87. The standard InChI is InChI=1S/C11H13N3O4/c1-2-5-18-11(17)14-8(10(15)16)4-3-7-6-12-13-9(7)14/h2,6,8H,1,3-5H2,(H,12,13)(H,15,16). The van der Waals surface area contributed by atoms with Crippen LogP contribution in [0.2, 0.25) is 0 Å². The number of carbonyl (C=O) groups is 2. The van der Waals surface area contributed by atoms with Gasteiger partial charge < -0.3 is 9.84 Å². The molecule has 0 aliphatic carbocycles. The lowest BCUT2D eigenvalue weighted by atomic mass is 10.0. The molecule has 0 spiro atoms. The molecule has 1 amide bonds. The maximum atomic E-state index is 11.9. The van der Waals surface area contributed by atoms with Crippen molar-refractivity contribution in [3.8, 4) is 0 Å². The zero-order valence-electron chi connectivity index (χ0n) is 9.63. The molecule has 2 rings (SSSR count). The summed E-state index contributed by atoms with van der Waals surface area (Å²) in [4.78, 5) is 24.1. The van der Waals surface area contributed by atoms with Gasteiger partial charge in [-0.05, 0) is 12.8 Å². The van der Waals surface area contributed by atoms with E-state index in [2.05, 4.69) is 16.8 Å². The highest BCUT2D eigenvalue weighted by Crippen LogP contribution is 2.29. The zero-order chi connectivity index (χ0) is 13.1. The van der Waals surface area contributed by atoms with Crippen LogP contribution in [-0.2, 0) is 16.0 Å². The second-order valence-electron chi connectivity index (χ2n) is 3.87. The molecule has 0 aromatic carbocycles. The summed E-state index contributed by atoms with van der Waals surface area (Å²) in [6.45, 7) is 3.47. The largest absolute Gasteiger partial charge is 0.480 e.